The lowest BCUT2D eigenvalue weighted by Crippen LogP contribution is -2.60. The van der Waals surface area contributed by atoms with E-state index >= 15 is 0 Å². The number of carbonyl (C=O) groups excluding carboxylic acids is 1. The summed E-state index contributed by atoms with van der Waals surface area (Å²) in [6.07, 6.45) is 1.67. The Hall–Kier alpha value is -2.76. The lowest BCUT2D eigenvalue weighted by atomic mass is 9.97. The van der Waals surface area contributed by atoms with Gasteiger partial charge in [0.25, 0.3) is 5.91 Å². The smallest absolute Gasteiger partial charge is 0.254 e. The number of nitrogens with zero attached hydrogens (tertiary/aromatic N) is 4. The summed E-state index contributed by atoms with van der Waals surface area (Å²) in [4.78, 5) is 22.8. The maximum absolute atomic E-state index is 12.0. The number of hydrogen-bond acceptors (Lipinski definition) is 5. The molecule has 27 heavy (non-hydrogen) atoms. The van der Waals surface area contributed by atoms with Gasteiger partial charge in [-0.25, -0.2) is 4.98 Å². The molecule has 2 aromatic rings. The molecular formula is C21H28N4O2. The highest BCUT2D eigenvalue weighted by Crippen LogP contribution is 2.31. The van der Waals surface area contributed by atoms with Gasteiger partial charge in [-0.1, -0.05) is 6.07 Å². The number of rotatable bonds is 4. The van der Waals surface area contributed by atoms with Gasteiger partial charge >= 0.3 is 0 Å². The molecule has 1 aliphatic heterocycles. The lowest BCUT2D eigenvalue weighted by Gasteiger charge is -2.49. The van der Waals surface area contributed by atoms with Gasteiger partial charge in [-0.3, -0.25) is 4.79 Å². The van der Waals surface area contributed by atoms with Crippen LogP contribution in [0.1, 0.15) is 24.2 Å². The van der Waals surface area contributed by atoms with Crippen LogP contribution in [0.3, 0.4) is 0 Å². The number of ether oxygens (including phenoxy) is 1. The van der Waals surface area contributed by atoms with Crippen LogP contribution in [0.25, 0.3) is 0 Å². The van der Waals surface area contributed by atoms with Crippen molar-refractivity contribution in [1.82, 2.24) is 9.88 Å². The molecule has 0 atom stereocenters. The predicted molar refractivity (Wildman–Crippen MR) is 109 cm³/mol. The molecule has 1 fully saturated rings. The first-order chi connectivity index (χ1) is 12.8. The maximum atomic E-state index is 12.0. The number of carbonyl (C=O) groups is 1. The Morgan fingerprint density at radius 3 is 2.56 bits per heavy atom. The minimum atomic E-state index is -0.0651. The lowest BCUT2D eigenvalue weighted by molar-refractivity contribution is 0.0827. The normalized spacial score (nSPS) is 16.2. The highest BCUT2D eigenvalue weighted by Gasteiger charge is 2.34. The van der Waals surface area contributed by atoms with Gasteiger partial charge in [-0.05, 0) is 38.1 Å². The van der Waals surface area contributed by atoms with Crippen LogP contribution in [0, 0.1) is 0 Å². The van der Waals surface area contributed by atoms with E-state index in [1.807, 2.05) is 24.3 Å². The van der Waals surface area contributed by atoms with Crippen molar-refractivity contribution in [2.24, 2.45) is 0 Å². The fraction of sp³-hybridized carbons (Fsp3) is 0.429. The molecule has 3 rings (SSSR count). The van der Waals surface area contributed by atoms with Crippen molar-refractivity contribution in [2.45, 2.75) is 19.4 Å². The molecule has 144 valence electrons. The van der Waals surface area contributed by atoms with Gasteiger partial charge in [-0.15, -0.1) is 0 Å². The number of anilines is 2. The molecular weight excluding hydrogens is 340 g/mol. The molecule has 1 saturated heterocycles. The summed E-state index contributed by atoms with van der Waals surface area (Å²) in [5.41, 5.74) is 1.71. The molecule has 1 amide bonds. The molecule has 0 aliphatic carbocycles. The number of hydrogen-bond donors (Lipinski definition) is 0. The summed E-state index contributed by atoms with van der Waals surface area (Å²) in [5.74, 6) is 1.74. The van der Waals surface area contributed by atoms with Gasteiger partial charge in [0, 0.05) is 51.7 Å². The SMILES string of the molecule is COc1cccc(N2CCN(c3ccc(C(=O)N(C)C)cn3)CC2(C)C)c1. The van der Waals surface area contributed by atoms with Gasteiger partial charge in [0.15, 0.2) is 0 Å². The molecule has 1 aromatic carbocycles. The Balaban J connectivity index is 1.76. The predicted octanol–water partition coefficient (Wildman–Crippen LogP) is 2.90. The van der Waals surface area contributed by atoms with Crippen LogP contribution in [0.2, 0.25) is 0 Å². The second kappa shape index (κ2) is 7.47. The zero-order valence-corrected chi connectivity index (χ0v) is 16.8. The third-order valence-corrected chi connectivity index (χ3v) is 4.99. The second-order valence-corrected chi connectivity index (χ2v) is 7.69. The first kappa shape index (κ1) is 19.0. The van der Waals surface area contributed by atoms with Crippen LogP contribution >= 0.6 is 0 Å². The molecule has 1 aliphatic rings. The van der Waals surface area contributed by atoms with Crippen molar-refractivity contribution >= 4 is 17.4 Å². The van der Waals surface area contributed by atoms with E-state index in [2.05, 4.69) is 40.8 Å². The van der Waals surface area contributed by atoms with Crippen molar-refractivity contribution in [1.29, 1.82) is 0 Å². The molecule has 2 heterocycles. The van der Waals surface area contributed by atoms with Crippen molar-refractivity contribution < 1.29 is 9.53 Å². The summed E-state index contributed by atoms with van der Waals surface area (Å²) in [5, 5.41) is 0. The van der Waals surface area contributed by atoms with E-state index in [0.29, 0.717) is 5.56 Å². The van der Waals surface area contributed by atoms with Crippen LogP contribution in [0.15, 0.2) is 42.6 Å². The summed E-state index contributed by atoms with van der Waals surface area (Å²) < 4.78 is 5.37. The molecule has 0 unspecified atom stereocenters. The highest BCUT2D eigenvalue weighted by molar-refractivity contribution is 5.93. The Labute approximate surface area is 161 Å². The first-order valence-corrected chi connectivity index (χ1v) is 9.16. The van der Waals surface area contributed by atoms with E-state index in [1.165, 1.54) is 5.69 Å². The molecule has 6 nitrogen and oxygen atoms in total. The third kappa shape index (κ3) is 3.99. The van der Waals surface area contributed by atoms with Crippen molar-refractivity contribution in [2.75, 3.05) is 50.6 Å². The minimum Gasteiger partial charge on any atom is -0.497 e. The van der Waals surface area contributed by atoms with Crippen LogP contribution in [0.5, 0.6) is 5.75 Å². The van der Waals surface area contributed by atoms with Gasteiger partial charge in [-0.2, -0.15) is 0 Å². The summed E-state index contributed by atoms with van der Waals surface area (Å²) in [7, 11) is 5.19. The molecule has 0 saturated carbocycles. The topological polar surface area (TPSA) is 48.9 Å². The van der Waals surface area contributed by atoms with E-state index in [1.54, 1.807) is 32.3 Å². The van der Waals surface area contributed by atoms with Crippen LogP contribution in [0.4, 0.5) is 11.5 Å². The van der Waals surface area contributed by atoms with Gasteiger partial charge in [0.1, 0.15) is 11.6 Å². The van der Waals surface area contributed by atoms with Crippen molar-refractivity contribution in [3.05, 3.63) is 48.2 Å². The number of aromatic nitrogens is 1. The molecule has 1 aromatic heterocycles. The standard InChI is InChI=1S/C21H28N4O2/c1-21(2)15-24(19-10-9-16(14-22-19)20(26)23(3)4)11-12-25(21)17-7-6-8-18(13-17)27-5/h6-10,13-14H,11-12,15H2,1-5H3. The largest absolute Gasteiger partial charge is 0.497 e. The van der Waals surface area contributed by atoms with E-state index in [-0.39, 0.29) is 11.4 Å². The zero-order chi connectivity index (χ0) is 19.6. The van der Waals surface area contributed by atoms with E-state index < -0.39 is 0 Å². The van der Waals surface area contributed by atoms with Gasteiger partial charge in [0.2, 0.25) is 0 Å². The third-order valence-electron chi connectivity index (χ3n) is 4.99. The van der Waals surface area contributed by atoms with Crippen LogP contribution < -0.4 is 14.5 Å². The van der Waals surface area contributed by atoms with Gasteiger partial charge < -0.3 is 19.4 Å². The second-order valence-electron chi connectivity index (χ2n) is 7.69. The molecule has 0 N–H and O–H groups in total. The highest BCUT2D eigenvalue weighted by atomic mass is 16.5. The summed E-state index contributed by atoms with van der Waals surface area (Å²) >= 11 is 0. The van der Waals surface area contributed by atoms with Crippen molar-refractivity contribution in [3.63, 3.8) is 0 Å². The number of piperazine rings is 1. The minimum absolute atomic E-state index is 0.0303. The summed E-state index contributed by atoms with van der Waals surface area (Å²) in [6.45, 7) is 7.08. The number of methoxy groups -OCH3 is 1. The average molecular weight is 368 g/mol. The quantitative estimate of drug-likeness (QED) is 0.831. The first-order valence-electron chi connectivity index (χ1n) is 9.16. The monoisotopic (exact) mass is 368 g/mol. The van der Waals surface area contributed by atoms with Crippen LogP contribution in [-0.2, 0) is 0 Å². The number of amides is 1. The van der Waals surface area contributed by atoms with Crippen molar-refractivity contribution in [3.8, 4) is 5.75 Å². The van der Waals surface area contributed by atoms with E-state index in [9.17, 15) is 4.79 Å². The molecule has 6 heteroatoms. The zero-order valence-electron chi connectivity index (χ0n) is 16.8. The van der Waals surface area contributed by atoms with E-state index in [0.717, 1.165) is 31.2 Å². The molecule has 0 radical (unpaired) electrons. The maximum Gasteiger partial charge on any atom is 0.254 e. The number of pyridine rings is 1. The van der Waals surface area contributed by atoms with E-state index in [4.69, 9.17) is 4.74 Å². The number of benzene rings is 1. The Morgan fingerprint density at radius 2 is 1.96 bits per heavy atom. The fourth-order valence-corrected chi connectivity index (χ4v) is 3.57. The Kier molecular flexibility index (Phi) is 5.26. The fourth-order valence-electron chi connectivity index (χ4n) is 3.57. The Bertz CT molecular complexity index is 802. The average Bonchev–Trinajstić information content (AvgIpc) is 2.66. The molecule has 0 spiro atoms. The van der Waals surface area contributed by atoms with Gasteiger partial charge in [0.05, 0.1) is 18.2 Å². The molecule has 0 bridgehead atoms. The summed E-state index contributed by atoms with van der Waals surface area (Å²) in [6, 6.07) is 12.0. The Morgan fingerprint density at radius 1 is 1.19 bits per heavy atom. The van der Waals surface area contributed by atoms with Crippen LogP contribution in [-0.4, -0.2) is 62.2 Å².